The summed E-state index contributed by atoms with van der Waals surface area (Å²) >= 11 is 0. The fraction of sp³-hybridized carbons (Fsp3) is 1.00. The maximum atomic E-state index is 2.58. The zero-order valence-corrected chi connectivity index (χ0v) is 25.6. The van der Waals surface area contributed by atoms with Gasteiger partial charge in [0.25, 0.3) is 0 Å². The Kier molecular flexibility index (Phi) is 17.4. The van der Waals surface area contributed by atoms with E-state index in [2.05, 4.69) is 83.1 Å². The smallest absolute Gasteiger partial charge is 0.0328 e. The molecular weight excluding hydrogens is 396 g/mol. The lowest BCUT2D eigenvalue weighted by molar-refractivity contribution is 0.214. The van der Waals surface area contributed by atoms with E-state index in [1.807, 2.05) is 0 Å². The summed E-state index contributed by atoms with van der Waals surface area (Å²) in [6, 6.07) is 0. The lowest BCUT2D eigenvalue weighted by Gasteiger charge is -2.31. The highest BCUT2D eigenvalue weighted by atomic mass is 14.3. The van der Waals surface area contributed by atoms with E-state index in [9.17, 15) is 0 Å². The molecule has 0 fully saturated rings. The van der Waals surface area contributed by atoms with Crippen LogP contribution in [0.2, 0.25) is 0 Å². The van der Waals surface area contributed by atoms with Crippen LogP contribution in [-0.2, 0) is 0 Å². The van der Waals surface area contributed by atoms with Crippen LogP contribution in [0, 0.1) is 52.8 Å². The second-order valence-corrected chi connectivity index (χ2v) is 13.9. The molecule has 0 aliphatic carbocycles. The highest BCUT2D eigenvalue weighted by molar-refractivity contribution is 4.75. The molecule has 0 rings (SSSR count). The third-order valence-corrected chi connectivity index (χ3v) is 10.1. The molecule has 0 saturated carbocycles. The first-order chi connectivity index (χ1) is 15.3. The van der Waals surface area contributed by atoms with Gasteiger partial charge in [0.15, 0.2) is 0 Å². The van der Waals surface area contributed by atoms with Crippen LogP contribution in [-0.4, -0.2) is 0 Å². The van der Waals surface area contributed by atoms with Gasteiger partial charge in [0.1, 0.15) is 0 Å². The molecule has 0 unspecified atom stereocenters. The van der Waals surface area contributed by atoms with Crippen molar-refractivity contribution in [3.63, 3.8) is 0 Å². The van der Waals surface area contributed by atoms with Gasteiger partial charge < -0.3 is 0 Å². The van der Waals surface area contributed by atoms with Gasteiger partial charge in [-0.2, -0.15) is 0 Å². The van der Waals surface area contributed by atoms with Crippen molar-refractivity contribution in [3.8, 4) is 0 Å². The lowest BCUT2D eigenvalue weighted by atomic mass is 9.75. The highest BCUT2D eigenvalue weighted by Crippen LogP contribution is 2.37. The average Bonchev–Trinajstić information content (AvgIpc) is 2.77. The molecule has 0 radical (unpaired) electrons. The maximum Gasteiger partial charge on any atom is -0.0328 e. The quantitative estimate of drug-likeness (QED) is 0.168. The topological polar surface area (TPSA) is 0 Å². The molecule has 0 heterocycles. The highest BCUT2D eigenvalue weighted by Gasteiger charge is 2.23. The van der Waals surface area contributed by atoms with Gasteiger partial charge in [-0.1, -0.05) is 147 Å². The first-order valence-electron chi connectivity index (χ1n) is 15.3. The molecule has 0 amide bonds. The molecule has 200 valence electrons. The van der Waals surface area contributed by atoms with Gasteiger partial charge >= 0.3 is 0 Å². The van der Waals surface area contributed by atoms with Crippen LogP contribution in [0.3, 0.4) is 0 Å². The third-order valence-electron chi connectivity index (χ3n) is 10.1. The minimum Gasteiger partial charge on any atom is -0.0649 e. The zero-order valence-electron chi connectivity index (χ0n) is 25.6. The van der Waals surface area contributed by atoms with Crippen molar-refractivity contribution in [1.29, 1.82) is 0 Å². The molecule has 0 aromatic heterocycles. The predicted molar refractivity (Wildman–Crippen MR) is 154 cm³/mol. The molecule has 0 nitrogen and oxygen atoms in total. The summed E-state index contributed by atoms with van der Waals surface area (Å²) in [4.78, 5) is 0. The van der Waals surface area contributed by atoms with Crippen molar-refractivity contribution < 1.29 is 0 Å². The van der Waals surface area contributed by atoms with E-state index in [-0.39, 0.29) is 0 Å². The fourth-order valence-corrected chi connectivity index (χ4v) is 5.10. The van der Waals surface area contributed by atoms with Crippen LogP contribution in [0.25, 0.3) is 0 Å². The van der Waals surface area contributed by atoms with Crippen molar-refractivity contribution in [2.24, 2.45) is 52.8 Å². The van der Waals surface area contributed by atoms with Crippen molar-refractivity contribution >= 4 is 0 Å². The van der Waals surface area contributed by atoms with Gasteiger partial charge in [-0.25, -0.2) is 0 Å². The first-order valence-corrected chi connectivity index (χ1v) is 15.3. The normalized spacial score (nSPS) is 19.8. The molecule has 0 heteroatoms. The molecular formula is C33H68. The largest absolute Gasteiger partial charge is 0.0649 e. The third kappa shape index (κ3) is 15.6. The minimum atomic E-state index is 0.561. The van der Waals surface area contributed by atoms with Crippen molar-refractivity contribution in [1.82, 2.24) is 0 Å². The second kappa shape index (κ2) is 17.4. The molecule has 0 bridgehead atoms. The number of rotatable bonds is 20. The molecule has 0 aliphatic heterocycles. The van der Waals surface area contributed by atoms with E-state index >= 15 is 0 Å². The monoisotopic (exact) mass is 465 g/mol. The molecule has 7 atom stereocenters. The number of hydrogen-bond donors (Lipinski definition) is 0. The Morgan fingerprint density at radius 3 is 1.30 bits per heavy atom. The molecule has 0 aromatic carbocycles. The molecule has 0 aliphatic rings. The van der Waals surface area contributed by atoms with Crippen molar-refractivity contribution in [2.45, 2.75) is 160 Å². The Bertz CT molecular complexity index is 449. The molecule has 0 aromatic rings. The fourth-order valence-electron chi connectivity index (χ4n) is 5.10. The summed E-state index contributed by atoms with van der Waals surface area (Å²) in [6.45, 7) is 29.4. The van der Waals surface area contributed by atoms with Crippen LogP contribution in [0.1, 0.15) is 160 Å². The predicted octanol–water partition coefficient (Wildman–Crippen LogP) is 11.8. The van der Waals surface area contributed by atoms with E-state index in [1.54, 1.807) is 0 Å². The Morgan fingerprint density at radius 1 is 0.455 bits per heavy atom. The summed E-state index contributed by atoms with van der Waals surface area (Å²) in [6.07, 6.45) is 17.0. The van der Waals surface area contributed by atoms with E-state index in [0.29, 0.717) is 5.41 Å². The van der Waals surface area contributed by atoms with Crippen LogP contribution in [0.4, 0.5) is 0 Å². The molecule has 33 heavy (non-hydrogen) atoms. The van der Waals surface area contributed by atoms with E-state index in [4.69, 9.17) is 0 Å². The Labute approximate surface area is 212 Å². The van der Waals surface area contributed by atoms with Crippen molar-refractivity contribution in [2.75, 3.05) is 0 Å². The SMILES string of the molecule is CC[C@](C)(CCC[C@H](C)CC[C@H](C)C(C)C)CC[C@H](C)CC[C@H](C)[C@H](C)CC[C@@H](C)C(C)C. The summed E-state index contributed by atoms with van der Waals surface area (Å²) in [5.74, 6) is 6.96. The summed E-state index contributed by atoms with van der Waals surface area (Å²) < 4.78 is 0. The Morgan fingerprint density at radius 2 is 0.848 bits per heavy atom. The maximum absolute atomic E-state index is 2.58. The minimum absolute atomic E-state index is 0.561. The Balaban J connectivity index is 4.20. The average molecular weight is 465 g/mol. The molecule has 0 saturated heterocycles. The van der Waals surface area contributed by atoms with Gasteiger partial charge in [0.2, 0.25) is 0 Å². The summed E-state index contributed by atoms with van der Waals surface area (Å²) in [5.41, 5.74) is 0.561. The van der Waals surface area contributed by atoms with E-state index in [0.717, 1.165) is 47.3 Å². The lowest BCUT2D eigenvalue weighted by Crippen LogP contribution is -2.18. The van der Waals surface area contributed by atoms with Crippen LogP contribution in [0.15, 0.2) is 0 Å². The second-order valence-electron chi connectivity index (χ2n) is 13.9. The van der Waals surface area contributed by atoms with Gasteiger partial charge in [-0.3, -0.25) is 0 Å². The van der Waals surface area contributed by atoms with Gasteiger partial charge in [-0.15, -0.1) is 0 Å². The van der Waals surface area contributed by atoms with E-state index in [1.165, 1.54) is 77.0 Å². The summed E-state index contributed by atoms with van der Waals surface area (Å²) in [5, 5.41) is 0. The van der Waals surface area contributed by atoms with Gasteiger partial charge in [0.05, 0.1) is 0 Å². The molecule has 0 N–H and O–H groups in total. The standard InChI is InChI=1S/C33H68/c1-13-33(12,23-14-15-27(6)16-18-29(8)25(2)3)24-22-28(7)17-19-31(10)32(11)21-20-30(9)26(4)5/h25-32H,13-24H2,1-12H3/t27-,28+,29-,30+,31-,32+,33+/m0/s1. The van der Waals surface area contributed by atoms with Crippen LogP contribution >= 0.6 is 0 Å². The number of hydrogen-bond acceptors (Lipinski definition) is 0. The molecule has 0 spiro atoms. The van der Waals surface area contributed by atoms with Gasteiger partial charge in [-0.05, 0) is 65.6 Å². The zero-order chi connectivity index (χ0) is 25.6. The first kappa shape index (κ1) is 33.0. The Hall–Kier alpha value is 0. The van der Waals surface area contributed by atoms with Crippen molar-refractivity contribution in [3.05, 3.63) is 0 Å². The van der Waals surface area contributed by atoms with E-state index < -0.39 is 0 Å². The van der Waals surface area contributed by atoms with Crippen LogP contribution in [0.5, 0.6) is 0 Å². The summed E-state index contributed by atoms with van der Waals surface area (Å²) in [7, 11) is 0. The van der Waals surface area contributed by atoms with Gasteiger partial charge in [0, 0.05) is 0 Å². The van der Waals surface area contributed by atoms with Crippen LogP contribution < -0.4 is 0 Å².